The smallest absolute Gasteiger partial charge is 0.216 e. The molecule has 0 N–H and O–H groups in total. The molecule has 3 nitrogen and oxygen atoms in total. The van der Waals surface area contributed by atoms with Gasteiger partial charge in [0.05, 0.1) is 20.2 Å². The maximum atomic E-state index is 7.55. The van der Waals surface area contributed by atoms with Gasteiger partial charge < -0.3 is 4.42 Å². The highest BCUT2D eigenvalue weighted by atomic mass is 28.3. The lowest BCUT2D eigenvalue weighted by atomic mass is 9.95. The Labute approximate surface area is 215 Å². The Balaban J connectivity index is 1.95. The van der Waals surface area contributed by atoms with Crippen LogP contribution in [0.25, 0.3) is 48.9 Å². The molecule has 0 aliphatic heterocycles. The lowest BCUT2D eigenvalue weighted by Crippen LogP contribution is -2.43. The van der Waals surface area contributed by atoms with E-state index in [0.717, 1.165) is 33.1 Å². The van der Waals surface area contributed by atoms with Gasteiger partial charge in [0, 0.05) is 28.3 Å². The summed E-state index contributed by atoms with van der Waals surface area (Å²) in [6.07, 6.45) is 0. The molecular formula is C32H35N2OSi+. The quantitative estimate of drug-likeness (QED) is 0.141. The van der Waals surface area contributed by atoms with Crippen molar-refractivity contribution in [2.75, 3.05) is 0 Å². The van der Waals surface area contributed by atoms with E-state index in [1.165, 1.54) is 38.5 Å². The van der Waals surface area contributed by atoms with Crippen molar-refractivity contribution >= 4 is 51.8 Å². The maximum absolute atomic E-state index is 7.55. The SMILES string of the molecule is [C-]#[N+]c1ccc2c(oc3c(-c4cc([Si](C)(C)C)c5cc(C(C)C)ccc5[n+]4C)c(C)c(C)cc32)c1C. The number of pyridine rings is 1. The fourth-order valence-corrected chi connectivity index (χ4v) is 7.06. The molecule has 36 heavy (non-hydrogen) atoms. The maximum Gasteiger partial charge on any atom is 0.216 e. The van der Waals surface area contributed by atoms with Gasteiger partial charge in [-0.2, -0.15) is 4.57 Å². The van der Waals surface area contributed by atoms with Gasteiger partial charge in [-0.3, -0.25) is 0 Å². The van der Waals surface area contributed by atoms with Gasteiger partial charge in [0.1, 0.15) is 18.2 Å². The van der Waals surface area contributed by atoms with Gasteiger partial charge >= 0.3 is 0 Å². The molecule has 182 valence electrons. The van der Waals surface area contributed by atoms with Crippen LogP contribution < -0.4 is 9.75 Å². The Hall–Kier alpha value is -3.42. The van der Waals surface area contributed by atoms with E-state index < -0.39 is 8.07 Å². The van der Waals surface area contributed by atoms with Crippen LogP contribution in [0.4, 0.5) is 5.69 Å². The van der Waals surface area contributed by atoms with Gasteiger partial charge in [-0.05, 0) is 66.3 Å². The molecule has 2 heterocycles. The molecule has 0 atom stereocenters. The topological polar surface area (TPSA) is 21.4 Å². The predicted octanol–water partition coefficient (Wildman–Crippen LogP) is 8.38. The number of aryl methyl sites for hydroxylation is 3. The number of nitrogens with zero attached hydrogens (tertiary/aromatic N) is 2. The van der Waals surface area contributed by atoms with Gasteiger partial charge in [0.15, 0.2) is 5.69 Å². The number of rotatable bonds is 3. The van der Waals surface area contributed by atoms with Crippen molar-refractivity contribution in [1.82, 2.24) is 0 Å². The van der Waals surface area contributed by atoms with Crippen LogP contribution in [0.15, 0.2) is 46.9 Å². The molecule has 0 amide bonds. The van der Waals surface area contributed by atoms with Crippen LogP contribution >= 0.6 is 0 Å². The highest BCUT2D eigenvalue weighted by Crippen LogP contribution is 2.41. The molecule has 0 bridgehead atoms. The average molecular weight is 492 g/mol. The van der Waals surface area contributed by atoms with Crippen molar-refractivity contribution in [3.8, 4) is 11.3 Å². The van der Waals surface area contributed by atoms with Gasteiger partial charge in [-0.25, -0.2) is 4.85 Å². The molecule has 0 saturated heterocycles. The third kappa shape index (κ3) is 3.57. The standard InChI is InChI=1S/C32H35N2OSi/c1-18(2)22-11-14-27-25(16-22)29(36(8,9)10)17-28(34(27)7)30-20(4)19(3)15-24-23-12-13-26(33-6)21(5)31(23)35-32(24)30/h11-18H,1-5,7-10H3/q+1. The van der Waals surface area contributed by atoms with E-state index in [9.17, 15) is 0 Å². The van der Waals surface area contributed by atoms with E-state index in [2.05, 4.69) is 94.1 Å². The molecule has 3 aromatic carbocycles. The Morgan fingerprint density at radius 3 is 2.22 bits per heavy atom. The average Bonchev–Trinajstić information content (AvgIpc) is 3.18. The Kier molecular flexibility index (Phi) is 5.61. The molecule has 5 aromatic rings. The minimum Gasteiger partial charge on any atom is -0.456 e. The van der Waals surface area contributed by atoms with Crippen LogP contribution in [0.2, 0.25) is 19.6 Å². The summed E-state index contributed by atoms with van der Waals surface area (Å²) in [6, 6.07) is 15.6. The van der Waals surface area contributed by atoms with E-state index in [1.54, 1.807) is 0 Å². The summed E-state index contributed by atoms with van der Waals surface area (Å²) in [5, 5.41) is 5.04. The van der Waals surface area contributed by atoms with Gasteiger partial charge in [-0.1, -0.05) is 51.7 Å². The van der Waals surface area contributed by atoms with Crippen LogP contribution in [0.1, 0.15) is 42.0 Å². The highest BCUT2D eigenvalue weighted by Gasteiger charge is 2.30. The van der Waals surface area contributed by atoms with E-state index in [4.69, 9.17) is 11.0 Å². The summed E-state index contributed by atoms with van der Waals surface area (Å²) >= 11 is 0. The van der Waals surface area contributed by atoms with Crippen molar-refractivity contribution in [2.24, 2.45) is 7.05 Å². The molecule has 0 fully saturated rings. The first kappa shape index (κ1) is 24.3. The number of aromatic nitrogens is 1. The molecule has 0 unspecified atom stereocenters. The van der Waals surface area contributed by atoms with Crippen LogP contribution in [0.5, 0.6) is 0 Å². The predicted molar refractivity (Wildman–Crippen MR) is 155 cm³/mol. The molecule has 0 saturated carbocycles. The lowest BCUT2D eigenvalue weighted by Gasteiger charge is -2.21. The van der Waals surface area contributed by atoms with Crippen molar-refractivity contribution in [3.05, 3.63) is 76.1 Å². The highest BCUT2D eigenvalue weighted by molar-refractivity contribution is 6.90. The molecule has 0 radical (unpaired) electrons. The van der Waals surface area contributed by atoms with Gasteiger partial charge in [0.25, 0.3) is 0 Å². The fraction of sp³-hybridized carbons (Fsp3) is 0.312. The van der Waals surface area contributed by atoms with E-state index in [-0.39, 0.29) is 0 Å². The molecule has 2 aromatic heterocycles. The number of fused-ring (bicyclic) bond motifs is 4. The van der Waals surface area contributed by atoms with Crippen molar-refractivity contribution in [3.63, 3.8) is 0 Å². The second kappa shape index (κ2) is 8.32. The van der Waals surface area contributed by atoms with Crippen molar-refractivity contribution in [1.29, 1.82) is 0 Å². The summed E-state index contributed by atoms with van der Waals surface area (Å²) in [6.45, 7) is 25.8. The van der Waals surface area contributed by atoms with Crippen LogP contribution in [0, 0.1) is 27.3 Å². The number of hydrogen-bond donors (Lipinski definition) is 0. The minimum absolute atomic E-state index is 0.492. The van der Waals surface area contributed by atoms with Crippen LogP contribution in [-0.4, -0.2) is 8.07 Å². The second-order valence-corrected chi connectivity index (χ2v) is 16.6. The van der Waals surface area contributed by atoms with E-state index in [1.807, 2.05) is 19.1 Å². The summed E-state index contributed by atoms with van der Waals surface area (Å²) in [5.41, 5.74) is 10.7. The molecular weight excluding hydrogens is 456 g/mol. The summed E-state index contributed by atoms with van der Waals surface area (Å²) in [4.78, 5) is 3.70. The molecule has 0 spiro atoms. The Bertz CT molecular complexity index is 1740. The zero-order valence-electron chi connectivity index (χ0n) is 22.9. The van der Waals surface area contributed by atoms with Gasteiger partial charge in [0.2, 0.25) is 11.2 Å². The second-order valence-electron chi connectivity index (χ2n) is 11.6. The largest absolute Gasteiger partial charge is 0.456 e. The fourth-order valence-electron chi connectivity index (χ4n) is 5.48. The van der Waals surface area contributed by atoms with E-state index >= 15 is 0 Å². The minimum atomic E-state index is -1.67. The number of hydrogen-bond acceptors (Lipinski definition) is 1. The Morgan fingerprint density at radius 1 is 0.861 bits per heavy atom. The van der Waals surface area contributed by atoms with Gasteiger partial charge in [-0.15, -0.1) is 0 Å². The number of benzene rings is 3. The first-order chi connectivity index (χ1) is 16.9. The lowest BCUT2D eigenvalue weighted by molar-refractivity contribution is -0.633. The van der Waals surface area contributed by atoms with E-state index in [0.29, 0.717) is 11.6 Å². The van der Waals surface area contributed by atoms with Crippen LogP contribution in [-0.2, 0) is 7.05 Å². The molecule has 0 aliphatic rings. The zero-order valence-corrected chi connectivity index (χ0v) is 23.9. The Morgan fingerprint density at radius 2 is 1.58 bits per heavy atom. The summed E-state index contributed by atoms with van der Waals surface area (Å²) in [7, 11) is 0.508. The van der Waals surface area contributed by atoms with Crippen LogP contribution in [0.3, 0.4) is 0 Å². The molecule has 5 rings (SSSR count). The first-order valence-corrected chi connectivity index (χ1v) is 16.2. The normalized spacial score (nSPS) is 12.2. The number of furan rings is 1. The third-order valence-electron chi connectivity index (χ3n) is 7.84. The van der Waals surface area contributed by atoms with Crippen molar-refractivity contribution < 1.29 is 8.98 Å². The molecule has 0 aliphatic carbocycles. The first-order valence-electron chi connectivity index (χ1n) is 12.7. The third-order valence-corrected chi connectivity index (χ3v) is 9.87. The zero-order chi connectivity index (χ0) is 26.1. The summed E-state index contributed by atoms with van der Waals surface area (Å²) < 4.78 is 8.99. The van der Waals surface area contributed by atoms with Crippen molar-refractivity contribution in [2.45, 2.75) is 60.2 Å². The molecule has 4 heteroatoms. The monoisotopic (exact) mass is 491 g/mol. The summed E-state index contributed by atoms with van der Waals surface area (Å²) in [5.74, 6) is 0.492.